The lowest BCUT2D eigenvalue weighted by atomic mass is 10.2. The number of hydrogen-bond donors (Lipinski definition) is 1. The van der Waals surface area contributed by atoms with Gasteiger partial charge in [0, 0.05) is 3.57 Å². The van der Waals surface area contributed by atoms with Crippen LogP contribution in [0.5, 0.6) is 5.75 Å². The molecule has 13 heavy (non-hydrogen) atoms. The topological polar surface area (TPSA) is 35.2 Å². The zero-order valence-corrected chi connectivity index (χ0v) is 9.67. The summed E-state index contributed by atoms with van der Waals surface area (Å²) >= 11 is 2.30. The fraction of sp³-hybridized carbons (Fsp3) is 0.400. The third-order valence-electron chi connectivity index (χ3n) is 2.11. The Kier molecular flexibility index (Phi) is 2.36. The average molecular weight is 289 g/mol. The van der Waals surface area contributed by atoms with Gasteiger partial charge in [0.15, 0.2) is 0 Å². The van der Waals surface area contributed by atoms with Crippen molar-refractivity contribution in [2.75, 3.05) is 5.73 Å². The van der Waals surface area contributed by atoms with Crippen molar-refractivity contribution in [3.8, 4) is 5.75 Å². The van der Waals surface area contributed by atoms with Gasteiger partial charge >= 0.3 is 0 Å². The van der Waals surface area contributed by atoms with Crippen molar-refractivity contribution in [2.45, 2.75) is 25.9 Å². The Morgan fingerprint density at radius 1 is 1.46 bits per heavy atom. The molecule has 0 unspecified atom stereocenters. The van der Waals surface area contributed by atoms with Crippen molar-refractivity contribution in [1.29, 1.82) is 0 Å². The first-order valence-corrected chi connectivity index (χ1v) is 5.47. The van der Waals surface area contributed by atoms with E-state index in [-0.39, 0.29) is 0 Å². The molecule has 1 aliphatic rings. The summed E-state index contributed by atoms with van der Waals surface area (Å²) in [6.45, 7) is 2.05. The van der Waals surface area contributed by atoms with Gasteiger partial charge in [0.2, 0.25) is 0 Å². The van der Waals surface area contributed by atoms with Gasteiger partial charge in [-0.3, -0.25) is 0 Å². The molecule has 2 nitrogen and oxygen atoms in total. The molecule has 1 saturated carbocycles. The maximum atomic E-state index is 5.84. The molecular formula is C10H12INO. The Balaban J connectivity index is 2.27. The van der Waals surface area contributed by atoms with Gasteiger partial charge < -0.3 is 10.5 Å². The van der Waals surface area contributed by atoms with Crippen LogP contribution in [0.25, 0.3) is 0 Å². The molecule has 0 heterocycles. The highest BCUT2D eigenvalue weighted by atomic mass is 127. The molecule has 0 aromatic heterocycles. The van der Waals surface area contributed by atoms with Crippen LogP contribution in [0.4, 0.5) is 5.69 Å². The lowest BCUT2D eigenvalue weighted by Gasteiger charge is -2.09. The van der Waals surface area contributed by atoms with Crippen molar-refractivity contribution >= 4 is 28.3 Å². The third kappa shape index (κ3) is 2.07. The summed E-state index contributed by atoms with van der Waals surface area (Å²) in [6.07, 6.45) is 2.76. The SMILES string of the molecule is Cc1cc(N)c(OC2CC2)cc1I. The van der Waals surface area contributed by atoms with E-state index in [0.29, 0.717) is 6.10 Å². The summed E-state index contributed by atoms with van der Waals surface area (Å²) < 4.78 is 6.87. The van der Waals surface area contributed by atoms with E-state index in [1.165, 1.54) is 22.0 Å². The summed E-state index contributed by atoms with van der Waals surface area (Å²) in [5.41, 5.74) is 7.80. The van der Waals surface area contributed by atoms with E-state index < -0.39 is 0 Å². The van der Waals surface area contributed by atoms with E-state index in [2.05, 4.69) is 29.5 Å². The van der Waals surface area contributed by atoms with Crippen LogP contribution in [0.3, 0.4) is 0 Å². The highest BCUT2D eigenvalue weighted by Gasteiger charge is 2.24. The number of rotatable bonds is 2. The number of nitrogen functional groups attached to an aromatic ring is 1. The summed E-state index contributed by atoms with van der Waals surface area (Å²) in [5, 5.41) is 0. The molecule has 0 amide bonds. The van der Waals surface area contributed by atoms with Crippen LogP contribution < -0.4 is 10.5 Å². The van der Waals surface area contributed by atoms with Crippen LogP contribution in [0.15, 0.2) is 12.1 Å². The van der Waals surface area contributed by atoms with Crippen LogP contribution in [0.1, 0.15) is 18.4 Å². The second kappa shape index (κ2) is 3.36. The number of hydrogen-bond acceptors (Lipinski definition) is 2. The van der Waals surface area contributed by atoms with Crippen molar-refractivity contribution < 1.29 is 4.74 Å². The Morgan fingerprint density at radius 3 is 2.77 bits per heavy atom. The number of anilines is 1. The molecule has 0 aliphatic heterocycles. The zero-order chi connectivity index (χ0) is 9.42. The lowest BCUT2D eigenvalue weighted by molar-refractivity contribution is 0.304. The van der Waals surface area contributed by atoms with Crippen LogP contribution in [0.2, 0.25) is 0 Å². The molecule has 0 radical (unpaired) electrons. The van der Waals surface area contributed by atoms with Gasteiger partial charge in [-0.25, -0.2) is 0 Å². The number of aryl methyl sites for hydroxylation is 1. The van der Waals surface area contributed by atoms with E-state index in [1.54, 1.807) is 0 Å². The molecular weight excluding hydrogens is 277 g/mol. The van der Waals surface area contributed by atoms with Crippen LogP contribution in [-0.4, -0.2) is 6.10 Å². The zero-order valence-electron chi connectivity index (χ0n) is 7.51. The second-order valence-electron chi connectivity index (χ2n) is 3.46. The monoisotopic (exact) mass is 289 g/mol. The Morgan fingerprint density at radius 2 is 2.15 bits per heavy atom. The number of halogens is 1. The van der Waals surface area contributed by atoms with Gasteiger partial charge in [0.25, 0.3) is 0 Å². The fourth-order valence-electron chi connectivity index (χ4n) is 1.15. The summed E-state index contributed by atoms with van der Waals surface area (Å²) in [7, 11) is 0. The van der Waals surface area contributed by atoms with Crippen molar-refractivity contribution in [2.24, 2.45) is 0 Å². The Hall–Kier alpha value is -0.450. The van der Waals surface area contributed by atoms with E-state index >= 15 is 0 Å². The molecule has 1 fully saturated rings. The quantitative estimate of drug-likeness (QED) is 0.671. The summed E-state index contributed by atoms with van der Waals surface area (Å²) in [5.74, 6) is 0.845. The normalized spacial score (nSPS) is 15.8. The molecule has 1 aromatic carbocycles. The second-order valence-corrected chi connectivity index (χ2v) is 4.62. The highest BCUT2D eigenvalue weighted by Crippen LogP contribution is 2.32. The van der Waals surface area contributed by atoms with Crippen LogP contribution in [0, 0.1) is 10.5 Å². The minimum atomic E-state index is 0.417. The largest absolute Gasteiger partial charge is 0.488 e. The van der Waals surface area contributed by atoms with Crippen molar-refractivity contribution in [3.05, 3.63) is 21.3 Å². The molecule has 1 aromatic rings. The molecule has 2 N–H and O–H groups in total. The van der Waals surface area contributed by atoms with E-state index in [0.717, 1.165) is 11.4 Å². The lowest BCUT2D eigenvalue weighted by Crippen LogP contribution is -2.00. The van der Waals surface area contributed by atoms with E-state index in [4.69, 9.17) is 10.5 Å². The fourth-order valence-corrected chi connectivity index (χ4v) is 1.59. The Labute approximate surface area is 91.6 Å². The smallest absolute Gasteiger partial charge is 0.143 e. The predicted molar refractivity (Wildman–Crippen MR) is 62.0 cm³/mol. The molecule has 0 atom stereocenters. The molecule has 1 aliphatic carbocycles. The number of benzene rings is 1. The van der Waals surface area contributed by atoms with Gasteiger partial charge in [-0.15, -0.1) is 0 Å². The maximum Gasteiger partial charge on any atom is 0.143 e. The van der Waals surface area contributed by atoms with Gasteiger partial charge in [0.05, 0.1) is 11.8 Å². The van der Waals surface area contributed by atoms with Crippen molar-refractivity contribution in [1.82, 2.24) is 0 Å². The highest BCUT2D eigenvalue weighted by molar-refractivity contribution is 14.1. The first-order valence-electron chi connectivity index (χ1n) is 4.39. The summed E-state index contributed by atoms with van der Waals surface area (Å²) in [4.78, 5) is 0. The standard InChI is InChI=1S/C10H12INO/c1-6-4-9(12)10(5-8(6)11)13-7-2-3-7/h4-5,7H,2-3,12H2,1H3. The first-order chi connectivity index (χ1) is 6.16. The Bertz CT molecular complexity index is 334. The number of ether oxygens (including phenoxy) is 1. The third-order valence-corrected chi connectivity index (χ3v) is 3.27. The van der Waals surface area contributed by atoms with Crippen LogP contribution >= 0.6 is 22.6 Å². The molecule has 0 saturated heterocycles. The molecule has 0 spiro atoms. The minimum absolute atomic E-state index is 0.417. The van der Waals surface area contributed by atoms with Gasteiger partial charge in [-0.1, -0.05) is 0 Å². The van der Waals surface area contributed by atoms with Crippen molar-refractivity contribution in [3.63, 3.8) is 0 Å². The molecule has 3 heteroatoms. The molecule has 0 bridgehead atoms. The number of nitrogens with two attached hydrogens (primary N) is 1. The van der Waals surface area contributed by atoms with E-state index in [1.807, 2.05) is 12.1 Å². The van der Waals surface area contributed by atoms with Gasteiger partial charge in [-0.2, -0.15) is 0 Å². The van der Waals surface area contributed by atoms with Gasteiger partial charge in [-0.05, 0) is 60.1 Å². The average Bonchev–Trinajstić information content (AvgIpc) is 2.84. The van der Waals surface area contributed by atoms with Gasteiger partial charge in [0.1, 0.15) is 5.75 Å². The molecule has 70 valence electrons. The summed E-state index contributed by atoms with van der Waals surface area (Å²) in [6, 6.07) is 3.99. The van der Waals surface area contributed by atoms with E-state index in [9.17, 15) is 0 Å². The van der Waals surface area contributed by atoms with Crippen LogP contribution in [-0.2, 0) is 0 Å². The predicted octanol–water partition coefficient (Wildman–Crippen LogP) is 2.72. The molecule has 2 rings (SSSR count). The first kappa shape index (κ1) is 9.12. The minimum Gasteiger partial charge on any atom is -0.488 e. The maximum absolute atomic E-state index is 5.84.